The number of anilines is 1. The van der Waals surface area contributed by atoms with Gasteiger partial charge in [0.25, 0.3) is 0 Å². The maximum atomic E-state index is 12.7. The number of aliphatic hydroxyl groups is 1. The molecule has 2 rings (SSSR count). The Labute approximate surface area is 96.6 Å². The fraction of sp³-hybridized carbons (Fsp3) is 0.182. The molecule has 0 aliphatic rings. The summed E-state index contributed by atoms with van der Waals surface area (Å²) in [5.74, 6) is -0.252. The van der Waals surface area contributed by atoms with E-state index in [2.05, 4.69) is 10.3 Å². The summed E-state index contributed by atoms with van der Waals surface area (Å²) in [5.41, 5.74) is 1.69. The van der Waals surface area contributed by atoms with Crippen LogP contribution < -0.4 is 5.32 Å². The van der Waals surface area contributed by atoms with E-state index in [0.717, 1.165) is 16.4 Å². The van der Waals surface area contributed by atoms with Crippen molar-refractivity contribution in [3.63, 3.8) is 0 Å². The van der Waals surface area contributed by atoms with Crippen molar-refractivity contribution in [3.05, 3.63) is 35.5 Å². The monoisotopic (exact) mass is 238 g/mol. The highest BCUT2D eigenvalue weighted by molar-refractivity contribution is 7.14. The fourth-order valence-electron chi connectivity index (χ4n) is 1.27. The summed E-state index contributed by atoms with van der Waals surface area (Å²) in [5, 5.41) is 14.3. The summed E-state index contributed by atoms with van der Waals surface area (Å²) in [6.45, 7) is 0.557. The largest absolute Gasteiger partial charge is 0.395 e. The van der Waals surface area contributed by atoms with Gasteiger partial charge in [0, 0.05) is 17.5 Å². The summed E-state index contributed by atoms with van der Waals surface area (Å²) >= 11 is 1.46. The van der Waals surface area contributed by atoms with E-state index in [1.807, 2.05) is 5.38 Å². The molecule has 0 spiro atoms. The molecule has 16 heavy (non-hydrogen) atoms. The first-order chi connectivity index (χ1) is 7.79. The van der Waals surface area contributed by atoms with E-state index >= 15 is 0 Å². The standard InChI is InChI=1S/C11H11FN2OS/c12-9-3-1-8(2-4-9)10-7-16-11(14-10)13-5-6-15/h1-4,7,15H,5-6H2,(H,13,14). The summed E-state index contributed by atoms with van der Waals surface area (Å²) in [7, 11) is 0. The number of nitrogens with zero attached hydrogens (tertiary/aromatic N) is 1. The molecule has 0 saturated carbocycles. The number of hydrogen-bond donors (Lipinski definition) is 2. The minimum atomic E-state index is -0.252. The van der Waals surface area contributed by atoms with Crippen LogP contribution in [-0.2, 0) is 0 Å². The zero-order valence-electron chi connectivity index (χ0n) is 8.48. The molecule has 2 N–H and O–H groups in total. The van der Waals surface area contributed by atoms with Gasteiger partial charge in [-0.1, -0.05) is 0 Å². The lowest BCUT2D eigenvalue weighted by atomic mass is 10.2. The van der Waals surface area contributed by atoms with Gasteiger partial charge in [-0.25, -0.2) is 9.37 Å². The summed E-state index contributed by atoms with van der Waals surface area (Å²) in [6.07, 6.45) is 0. The zero-order chi connectivity index (χ0) is 11.4. The van der Waals surface area contributed by atoms with Crippen LogP contribution in [0.2, 0.25) is 0 Å². The van der Waals surface area contributed by atoms with E-state index in [1.54, 1.807) is 12.1 Å². The second-order valence-corrected chi connectivity index (χ2v) is 4.05. The molecule has 0 amide bonds. The molecule has 0 atom stereocenters. The van der Waals surface area contributed by atoms with Crippen LogP contribution in [0.4, 0.5) is 9.52 Å². The Morgan fingerprint density at radius 1 is 1.31 bits per heavy atom. The normalized spacial score (nSPS) is 10.4. The van der Waals surface area contributed by atoms with Gasteiger partial charge in [-0.15, -0.1) is 11.3 Å². The summed E-state index contributed by atoms with van der Waals surface area (Å²) in [6, 6.07) is 6.21. The van der Waals surface area contributed by atoms with Gasteiger partial charge in [0.15, 0.2) is 5.13 Å². The van der Waals surface area contributed by atoms with Gasteiger partial charge in [0.1, 0.15) is 5.82 Å². The molecule has 0 radical (unpaired) electrons. The molecule has 0 aliphatic carbocycles. The molecule has 5 heteroatoms. The van der Waals surface area contributed by atoms with Gasteiger partial charge in [-0.2, -0.15) is 0 Å². The highest BCUT2D eigenvalue weighted by Gasteiger charge is 2.03. The van der Waals surface area contributed by atoms with Gasteiger partial charge in [0.05, 0.1) is 12.3 Å². The molecule has 1 heterocycles. The second kappa shape index (κ2) is 5.05. The van der Waals surface area contributed by atoms with Crippen molar-refractivity contribution in [1.82, 2.24) is 4.98 Å². The van der Waals surface area contributed by atoms with Gasteiger partial charge in [0.2, 0.25) is 0 Å². The van der Waals surface area contributed by atoms with Crippen molar-refractivity contribution < 1.29 is 9.50 Å². The highest BCUT2D eigenvalue weighted by Crippen LogP contribution is 2.24. The number of aromatic nitrogens is 1. The molecular weight excluding hydrogens is 227 g/mol. The molecule has 0 saturated heterocycles. The number of nitrogens with one attached hydrogen (secondary N) is 1. The number of benzene rings is 1. The minimum Gasteiger partial charge on any atom is -0.395 e. The lowest BCUT2D eigenvalue weighted by Gasteiger charge is -1.98. The van der Waals surface area contributed by atoms with Crippen molar-refractivity contribution >= 4 is 16.5 Å². The third kappa shape index (κ3) is 2.56. The Morgan fingerprint density at radius 2 is 2.06 bits per heavy atom. The average Bonchev–Trinajstić information content (AvgIpc) is 2.76. The molecule has 0 aliphatic heterocycles. The van der Waals surface area contributed by atoms with Crippen molar-refractivity contribution in [3.8, 4) is 11.3 Å². The Hall–Kier alpha value is -1.46. The van der Waals surface area contributed by atoms with E-state index in [-0.39, 0.29) is 12.4 Å². The van der Waals surface area contributed by atoms with E-state index < -0.39 is 0 Å². The van der Waals surface area contributed by atoms with Crippen LogP contribution in [0, 0.1) is 5.82 Å². The van der Waals surface area contributed by atoms with Crippen LogP contribution in [0.5, 0.6) is 0 Å². The Kier molecular flexibility index (Phi) is 3.48. The summed E-state index contributed by atoms with van der Waals surface area (Å²) in [4.78, 5) is 4.32. The molecule has 0 fully saturated rings. The van der Waals surface area contributed by atoms with Crippen LogP contribution in [0.25, 0.3) is 11.3 Å². The first kappa shape index (κ1) is 11.0. The first-order valence-corrected chi connectivity index (χ1v) is 5.74. The van der Waals surface area contributed by atoms with Crippen molar-refractivity contribution in [2.75, 3.05) is 18.5 Å². The lowest BCUT2D eigenvalue weighted by Crippen LogP contribution is -2.04. The molecule has 2 aromatic rings. The van der Waals surface area contributed by atoms with Gasteiger partial charge in [-0.3, -0.25) is 0 Å². The lowest BCUT2D eigenvalue weighted by molar-refractivity contribution is 0.311. The Balaban J connectivity index is 2.15. The smallest absolute Gasteiger partial charge is 0.183 e. The molecule has 1 aromatic heterocycles. The number of halogens is 1. The number of hydrogen-bond acceptors (Lipinski definition) is 4. The number of rotatable bonds is 4. The second-order valence-electron chi connectivity index (χ2n) is 3.20. The van der Waals surface area contributed by atoms with Gasteiger partial charge in [-0.05, 0) is 24.3 Å². The highest BCUT2D eigenvalue weighted by atomic mass is 32.1. The SMILES string of the molecule is OCCNc1nc(-c2ccc(F)cc2)cs1. The quantitative estimate of drug-likeness (QED) is 0.859. The summed E-state index contributed by atoms with van der Waals surface area (Å²) < 4.78 is 12.7. The molecule has 84 valence electrons. The minimum absolute atomic E-state index is 0.0749. The zero-order valence-corrected chi connectivity index (χ0v) is 9.30. The van der Waals surface area contributed by atoms with Crippen LogP contribution in [-0.4, -0.2) is 23.2 Å². The Bertz CT molecular complexity index is 455. The predicted octanol–water partition coefficient (Wildman–Crippen LogP) is 2.35. The number of aliphatic hydroxyl groups excluding tert-OH is 1. The van der Waals surface area contributed by atoms with Crippen LogP contribution in [0.15, 0.2) is 29.6 Å². The van der Waals surface area contributed by atoms with Crippen LogP contribution in [0.1, 0.15) is 0 Å². The molecular formula is C11H11FN2OS. The third-order valence-corrected chi connectivity index (χ3v) is 2.83. The molecule has 3 nitrogen and oxygen atoms in total. The molecule has 0 unspecified atom stereocenters. The van der Waals surface area contributed by atoms with Gasteiger partial charge >= 0.3 is 0 Å². The predicted molar refractivity (Wildman–Crippen MR) is 63.1 cm³/mol. The topological polar surface area (TPSA) is 45.1 Å². The van der Waals surface area contributed by atoms with Crippen molar-refractivity contribution in [2.45, 2.75) is 0 Å². The maximum Gasteiger partial charge on any atom is 0.183 e. The van der Waals surface area contributed by atoms with Crippen LogP contribution >= 0.6 is 11.3 Å². The van der Waals surface area contributed by atoms with E-state index in [4.69, 9.17) is 5.11 Å². The van der Waals surface area contributed by atoms with Crippen LogP contribution in [0.3, 0.4) is 0 Å². The van der Waals surface area contributed by atoms with Crippen molar-refractivity contribution in [1.29, 1.82) is 0 Å². The molecule has 0 bridgehead atoms. The van der Waals surface area contributed by atoms with Crippen molar-refractivity contribution in [2.24, 2.45) is 0 Å². The third-order valence-electron chi connectivity index (χ3n) is 2.03. The average molecular weight is 238 g/mol. The van der Waals surface area contributed by atoms with Gasteiger partial charge < -0.3 is 10.4 Å². The van der Waals surface area contributed by atoms with E-state index in [9.17, 15) is 4.39 Å². The fourth-order valence-corrected chi connectivity index (χ4v) is 2.02. The van der Waals surface area contributed by atoms with E-state index in [1.165, 1.54) is 23.5 Å². The first-order valence-electron chi connectivity index (χ1n) is 4.86. The molecule has 1 aromatic carbocycles. The van der Waals surface area contributed by atoms with E-state index in [0.29, 0.717) is 6.54 Å². The Morgan fingerprint density at radius 3 is 2.75 bits per heavy atom. The maximum absolute atomic E-state index is 12.7. The number of thiazole rings is 1.